The highest BCUT2D eigenvalue weighted by molar-refractivity contribution is 5.46. The lowest BCUT2D eigenvalue weighted by atomic mass is 10.0. The van der Waals surface area contributed by atoms with Crippen LogP contribution >= 0.6 is 0 Å². The zero-order chi connectivity index (χ0) is 12.5. The van der Waals surface area contributed by atoms with Crippen molar-refractivity contribution in [1.29, 1.82) is 0 Å². The van der Waals surface area contributed by atoms with Crippen molar-refractivity contribution in [3.8, 4) is 0 Å². The molecule has 5 heteroatoms. The number of hydrogen-bond donors (Lipinski definition) is 0. The van der Waals surface area contributed by atoms with Crippen molar-refractivity contribution in [2.24, 2.45) is 0 Å². The van der Waals surface area contributed by atoms with Gasteiger partial charge >= 0.3 is 0 Å². The average molecular weight is 245 g/mol. The molecular weight excluding hydrogens is 226 g/mol. The molecule has 0 spiro atoms. The van der Waals surface area contributed by atoms with Crippen LogP contribution in [0.5, 0.6) is 0 Å². The maximum Gasteiger partial charge on any atom is 0.178 e. The van der Waals surface area contributed by atoms with Gasteiger partial charge in [0.1, 0.15) is 5.82 Å². The Hall–Kier alpha value is -1.65. The summed E-state index contributed by atoms with van der Waals surface area (Å²) < 4.78 is 1.83. The van der Waals surface area contributed by atoms with E-state index >= 15 is 0 Å². The van der Waals surface area contributed by atoms with Crippen LogP contribution in [0.25, 0.3) is 5.65 Å². The maximum absolute atomic E-state index is 4.67. The minimum atomic E-state index is 0.625. The van der Waals surface area contributed by atoms with Crippen molar-refractivity contribution in [2.75, 3.05) is 11.4 Å². The Labute approximate surface area is 107 Å². The van der Waals surface area contributed by atoms with E-state index in [1.165, 1.54) is 25.7 Å². The molecule has 3 rings (SSSR count). The number of aromatic nitrogens is 4. The van der Waals surface area contributed by atoms with Gasteiger partial charge in [0.25, 0.3) is 0 Å². The zero-order valence-corrected chi connectivity index (χ0v) is 11.0. The molecule has 0 saturated carbocycles. The van der Waals surface area contributed by atoms with E-state index in [-0.39, 0.29) is 0 Å². The van der Waals surface area contributed by atoms with Gasteiger partial charge in [0.05, 0.1) is 0 Å². The molecule has 1 aliphatic rings. The Morgan fingerprint density at radius 2 is 2.17 bits per heavy atom. The largest absolute Gasteiger partial charge is 0.352 e. The molecule has 0 bridgehead atoms. The van der Waals surface area contributed by atoms with Gasteiger partial charge in [0.2, 0.25) is 0 Å². The second-order valence-electron chi connectivity index (χ2n) is 4.96. The third-order valence-electron chi connectivity index (χ3n) is 3.80. The molecule has 1 unspecified atom stereocenters. The van der Waals surface area contributed by atoms with Crippen molar-refractivity contribution >= 4 is 11.5 Å². The molecule has 2 aromatic rings. The molecule has 1 aliphatic heterocycles. The van der Waals surface area contributed by atoms with E-state index in [0.717, 1.165) is 23.8 Å². The van der Waals surface area contributed by atoms with Crippen LogP contribution in [0, 0.1) is 6.92 Å². The van der Waals surface area contributed by atoms with Crippen LogP contribution in [-0.2, 0) is 0 Å². The van der Waals surface area contributed by atoms with E-state index in [1.54, 1.807) is 0 Å². The molecule has 0 radical (unpaired) electrons. The van der Waals surface area contributed by atoms with E-state index in [4.69, 9.17) is 0 Å². The van der Waals surface area contributed by atoms with E-state index in [2.05, 4.69) is 33.2 Å². The number of aryl methyl sites for hydroxylation is 1. The molecule has 0 aromatic carbocycles. The lowest BCUT2D eigenvalue weighted by molar-refractivity contribution is 0.445. The highest BCUT2D eigenvalue weighted by Crippen LogP contribution is 2.24. The summed E-state index contributed by atoms with van der Waals surface area (Å²) in [6, 6.07) is 4.70. The van der Waals surface area contributed by atoms with Gasteiger partial charge in [-0.1, -0.05) is 6.92 Å². The summed E-state index contributed by atoms with van der Waals surface area (Å²) in [7, 11) is 0. The van der Waals surface area contributed by atoms with E-state index in [9.17, 15) is 0 Å². The number of rotatable bonds is 2. The number of hydrogen-bond acceptors (Lipinski definition) is 4. The Bertz CT molecular complexity index is 547. The number of anilines is 1. The van der Waals surface area contributed by atoms with Gasteiger partial charge in [0.15, 0.2) is 11.5 Å². The van der Waals surface area contributed by atoms with Gasteiger partial charge in [-0.25, -0.2) is 0 Å². The quantitative estimate of drug-likeness (QED) is 0.813. The van der Waals surface area contributed by atoms with Crippen LogP contribution in [0.3, 0.4) is 0 Å². The van der Waals surface area contributed by atoms with Crippen molar-refractivity contribution in [2.45, 2.75) is 45.6 Å². The molecular formula is C13H19N5. The summed E-state index contributed by atoms with van der Waals surface area (Å²) in [4.78, 5) is 2.43. The lowest BCUT2D eigenvalue weighted by Gasteiger charge is -2.36. The molecule has 96 valence electrons. The van der Waals surface area contributed by atoms with Crippen molar-refractivity contribution in [3.63, 3.8) is 0 Å². The van der Waals surface area contributed by atoms with Gasteiger partial charge in [-0.3, -0.25) is 0 Å². The molecule has 1 fully saturated rings. The maximum atomic E-state index is 4.67. The second kappa shape index (κ2) is 4.55. The molecule has 0 amide bonds. The van der Waals surface area contributed by atoms with Gasteiger partial charge in [-0.2, -0.15) is 4.52 Å². The Kier molecular flexibility index (Phi) is 2.89. The van der Waals surface area contributed by atoms with Crippen molar-refractivity contribution < 1.29 is 0 Å². The first kappa shape index (κ1) is 11.4. The summed E-state index contributed by atoms with van der Waals surface area (Å²) >= 11 is 0. The summed E-state index contributed by atoms with van der Waals surface area (Å²) in [6.07, 6.45) is 5.05. The predicted molar refractivity (Wildman–Crippen MR) is 70.8 cm³/mol. The number of piperidine rings is 1. The third kappa shape index (κ3) is 1.83. The monoisotopic (exact) mass is 245 g/mol. The normalized spacial score (nSPS) is 20.6. The summed E-state index contributed by atoms with van der Waals surface area (Å²) in [6.45, 7) is 5.30. The van der Waals surface area contributed by atoms with Gasteiger partial charge in [-0.15, -0.1) is 15.3 Å². The standard InChI is InChI=1S/C13H19N5/c1-3-11-6-4-5-9-17(11)13-8-7-12-15-14-10(2)18(12)16-13/h7-8,11H,3-6,9H2,1-2H3. The number of fused-ring (bicyclic) bond motifs is 1. The van der Waals surface area contributed by atoms with Crippen LogP contribution in [0.4, 0.5) is 5.82 Å². The summed E-state index contributed by atoms with van der Waals surface area (Å²) in [5.41, 5.74) is 0.821. The fourth-order valence-electron chi connectivity index (χ4n) is 2.77. The Morgan fingerprint density at radius 1 is 1.28 bits per heavy atom. The Morgan fingerprint density at radius 3 is 3.00 bits per heavy atom. The minimum Gasteiger partial charge on any atom is -0.352 e. The predicted octanol–water partition coefficient (Wildman–Crippen LogP) is 2.20. The molecule has 18 heavy (non-hydrogen) atoms. The van der Waals surface area contributed by atoms with Crippen LogP contribution < -0.4 is 4.90 Å². The fraction of sp³-hybridized carbons (Fsp3) is 0.615. The zero-order valence-electron chi connectivity index (χ0n) is 11.0. The van der Waals surface area contributed by atoms with Crippen LogP contribution in [0.2, 0.25) is 0 Å². The highest BCUT2D eigenvalue weighted by atomic mass is 15.4. The molecule has 0 N–H and O–H groups in total. The van der Waals surface area contributed by atoms with Gasteiger partial charge in [-0.05, 0) is 44.7 Å². The van der Waals surface area contributed by atoms with Crippen molar-refractivity contribution in [3.05, 3.63) is 18.0 Å². The first-order valence-electron chi connectivity index (χ1n) is 6.75. The lowest BCUT2D eigenvalue weighted by Crippen LogP contribution is -2.39. The smallest absolute Gasteiger partial charge is 0.178 e. The topological polar surface area (TPSA) is 46.3 Å². The third-order valence-corrected chi connectivity index (χ3v) is 3.80. The molecule has 3 heterocycles. The van der Waals surface area contributed by atoms with Crippen LogP contribution in [-0.4, -0.2) is 32.4 Å². The average Bonchev–Trinajstić information content (AvgIpc) is 2.80. The van der Waals surface area contributed by atoms with Crippen LogP contribution in [0.15, 0.2) is 12.1 Å². The van der Waals surface area contributed by atoms with Gasteiger partial charge in [0, 0.05) is 12.6 Å². The minimum absolute atomic E-state index is 0.625. The Balaban J connectivity index is 1.99. The highest BCUT2D eigenvalue weighted by Gasteiger charge is 2.22. The first-order chi connectivity index (χ1) is 8.79. The molecule has 1 saturated heterocycles. The van der Waals surface area contributed by atoms with E-state index in [0.29, 0.717) is 6.04 Å². The summed E-state index contributed by atoms with van der Waals surface area (Å²) in [5, 5.41) is 12.8. The molecule has 1 atom stereocenters. The van der Waals surface area contributed by atoms with Gasteiger partial charge < -0.3 is 4.90 Å². The summed E-state index contributed by atoms with van der Waals surface area (Å²) in [5.74, 6) is 1.90. The first-order valence-corrected chi connectivity index (χ1v) is 6.75. The van der Waals surface area contributed by atoms with E-state index < -0.39 is 0 Å². The number of nitrogens with zero attached hydrogens (tertiary/aromatic N) is 5. The SMILES string of the molecule is CCC1CCCCN1c1ccc2nnc(C)n2n1. The van der Waals surface area contributed by atoms with Crippen molar-refractivity contribution in [1.82, 2.24) is 19.8 Å². The molecule has 0 aliphatic carbocycles. The van der Waals surface area contributed by atoms with Crippen LogP contribution in [0.1, 0.15) is 38.4 Å². The molecule has 2 aromatic heterocycles. The fourth-order valence-corrected chi connectivity index (χ4v) is 2.77. The second-order valence-corrected chi connectivity index (χ2v) is 4.96. The van der Waals surface area contributed by atoms with E-state index in [1.807, 2.05) is 17.5 Å². The molecule has 5 nitrogen and oxygen atoms in total.